The summed E-state index contributed by atoms with van der Waals surface area (Å²) >= 11 is 0. The summed E-state index contributed by atoms with van der Waals surface area (Å²) in [6, 6.07) is 7.78. The van der Waals surface area contributed by atoms with E-state index >= 15 is 0 Å². The molecule has 1 aliphatic carbocycles. The number of carbonyl (C=O) groups is 2. The Morgan fingerprint density at radius 2 is 1.44 bits per heavy atom. The van der Waals surface area contributed by atoms with Crippen molar-refractivity contribution in [3.05, 3.63) is 52.1 Å². The van der Waals surface area contributed by atoms with Gasteiger partial charge in [-0.3, -0.25) is 9.59 Å². The average molecular weight is 468 g/mol. The third-order valence-corrected chi connectivity index (χ3v) is 5.98. The molecule has 4 rings (SSSR count). The number of ether oxygens (including phenoxy) is 4. The molecule has 0 atom stereocenters. The molecule has 0 amide bonds. The number of carboxylic acids is 1. The van der Waals surface area contributed by atoms with Crippen LogP contribution in [0.5, 0.6) is 23.0 Å². The van der Waals surface area contributed by atoms with Crippen LogP contribution in [-0.4, -0.2) is 44.3 Å². The molecule has 2 aliphatic rings. The molecule has 0 aromatic heterocycles. The predicted molar refractivity (Wildman–Crippen MR) is 126 cm³/mol. The first-order chi connectivity index (χ1) is 16.5. The Balaban J connectivity index is 1.33. The number of allylic oxidation sites excluding steroid dienone is 1. The maximum atomic E-state index is 12.3. The first kappa shape index (κ1) is 23.6. The van der Waals surface area contributed by atoms with E-state index in [9.17, 15) is 9.59 Å². The summed E-state index contributed by atoms with van der Waals surface area (Å²) in [6.45, 7) is 2.57. The third-order valence-electron chi connectivity index (χ3n) is 5.98. The van der Waals surface area contributed by atoms with Crippen LogP contribution in [0.3, 0.4) is 0 Å². The zero-order valence-electron chi connectivity index (χ0n) is 19.4. The molecule has 0 radical (unpaired) electrons. The molecule has 0 saturated carbocycles. The molecular formula is C26H29NO7. The maximum Gasteiger partial charge on any atom is 0.303 e. The van der Waals surface area contributed by atoms with E-state index in [1.165, 1.54) is 11.1 Å². The Morgan fingerprint density at radius 3 is 2.06 bits per heavy atom. The van der Waals surface area contributed by atoms with Crippen LogP contribution in [0.4, 0.5) is 0 Å². The van der Waals surface area contributed by atoms with E-state index in [-0.39, 0.29) is 18.6 Å². The standard InChI is InChI=1S/C26H29NO7/c1-31-22-10-16-8-18(21(28)4-5-26(29)30)9-17(16)11-24(22)33-6-3-7-34-25-13-20-15-27-14-19(20)12-23(25)32-2/h9-13,27H,3-8,14-15H2,1-2H3,(H,29,30). The summed E-state index contributed by atoms with van der Waals surface area (Å²) < 4.78 is 22.9. The van der Waals surface area contributed by atoms with Crippen molar-refractivity contribution in [1.82, 2.24) is 5.32 Å². The third kappa shape index (κ3) is 5.34. The van der Waals surface area contributed by atoms with Gasteiger partial charge in [0.15, 0.2) is 28.8 Å². The Kier molecular flexibility index (Phi) is 7.37. The summed E-state index contributed by atoms with van der Waals surface area (Å²) in [4.78, 5) is 23.1. The minimum Gasteiger partial charge on any atom is -0.493 e. The SMILES string of the molecule is COc1cc2c(cc1OCCCOc1cc3c(cc1OC)CNC3)C=C(C(=O)CCC(=O)O)C2. The van der Waals surface area contributed by atoms with Gasteiger partial charge in [0, 0.05) is 37.9 Å². The van der Waals surface area contributed by atoms with Gasteiger partial charge >= 0.3 is 5.97 Å². The molecule has 2 aromatic rings. The first-order valence-electron chi connectivity index (χ1n) is 11.3. The van der Waals surface area contributed by atoms with Crippen molar-refractivity contribution in [2.24, 2.45) is 0 Å². The Morgan fingerprint density at radius 1 is 0.853 bits per heavy atom. The number of carboxylic acid groups (broad SMARTS) is 1. The predicted octanol–water partition coefficient (Wildman–Crippen LogP) is 3.53. The number of hydrogen-bond donors (Lipinski definition) is 2. The second-order valence-corrected chi connectivity index (χ2v) is 8.29. The van der Waals surface area contributed by atoms with Crippen molar-refractivity contribution in [3.63, 3.8) is 0 Å². The molecule has 1 aliphatic heterocycles. The lowest BCUT2D eigenvalue weighted by molar-refractivity contribution is -0.138. The van der Waals surface area contributed by atoms with Crippen LogP contribution in [0.1, 0.15) is 41.5 Å². The minimum atomic E-state index is -0.975. The number of benzene rings is 2. The summed E-state index contributed by atoms with van der Waals surface area (Å²) in [7, 11) is 3.22. The quantitative estimate of drug-likeness (QED) is 0.457. The van der Waals surface area contributed by atoms with E-state index in [0.717, 1.165) is 35.7 Å². The maximum absolute atomic E-state index is 12.3. The first-order valence-corrected chi connectivity index (χ1v) is 11.3. The molecule has 0 saturated heterocycles. The van der Waals surface area contributed by atoms with Gasteiger partial charge in [-0.2, -0.15) is 0 Å². The van der Waals surface area contributed by atoms with E-state index in [1.807, 2.05) is 30.3 Å². The van der Waals surface area contributed by atoms with Crippen LogP contribution in [0.25, 0.3) is 6.08 Å². The lowest BCUT2D eigenvalue weighted by Gasteiger charge is -2.14. The molecule has 180 valence electrons. The highest BCUT2D eigenvalue weighted by atomic mass is 16.5. The van der Waals surface area contributed by atoms with E-state index < -0.39 is 5.97 Å². The molecular weight excluding hydrogens is 438 g/mol. The molecule has 0 unspecified atom stereocenters. The molecule has 0 spiro atoms. The second-order valence-electron chi connectivity index (χ2n) is 8.29. The van der Waals surface area contributed by atoms with Crippen LogP contribution in [0.2, 0.25) is 0 Å². The fourth-order valence-electron chi connectivity index (χ4n) is 4.18. The molecule has 2 N–H and O–H groups in total. The highest BCUT2D eigenvalue weighted by Crippen LogP contribution is 2.37. The number of Topliss-reactive ketones (excluding diaryl/α,β-unsaturated/α-hetero) is 1. The van der Waals surface area contributed by atoms with Gasteiger partial charge in [0.25, 0.3) is 0 Å². The Hall–Kier alpha value is -3.52. The molecule has 8 heteroatoms. The number of methoxy groups -OCH3 is 2. The molecule has 34 heavy (non-hydrogen) atoms. The number of nitrogens with one attached hydrogen (secondary N) is 1. The molecule has 0 bridgehead atoms. The normalized spacial score (nSPS) is 13.6. The lowest BCUT2D eigenvalue weighted by Crippen LogP contribution is -2.07. The van der Waals surface area contributed by atoms with Gasteiger partial charge in [-0.25, -0.2) is 0 Å². The van der Waals surface area contributed by atoms with E-state index in [2.05, 4.69) is 5.32 Å². The van der Waals surface area contributed by atoms with Gasteiger partial charge in [0.05, 0.1) is 33.9 Å². The van der Waals surface area contributed by atoms with Gasteiger partial charge in [-0.05, 0) is 52.6 Å². The van der Waals surface area contributed by atoms with Gasteiger partial charge in [0.1, 0.15) is 0 Å². The van der Waals surface area contributed by atoms with E-state index in [4.69, 9.17) is 24.1 Å². The van der Waals surface area contributed by atoms with Crippen molar-refractivity contribution in [3.8, 4) is 23.0 Å². The van der Waals surface area contributed by atoms with Gasteiger partial charge in [-0.15, -0.1) is 0 Å². The van der Waals surface area contributed by atoms with Crippen molar-refractivity contribution < 1.29 is 33.6 Å². The fourth-order valence-corrected chi connectivity index (χ4v) is 4.18. The van der Waals surface area contributed by atoms with Crippen molar-refractivity contribution in [2.75, 3.05) is 27.4 Å². The van der Waals surface area contributed by atoms with Crippen molar-refractivity contribution in [1.29, 1.82) is 0 Å². The van der Waals surface area contributed by atoms with E-state index in [0.29, 0.717) is 43.1 Å². The van der Waals surface area contributed by atoms with Crippen LogP contribution < -0.4 is 24.3 Å². The molecule has 1 heterocycles. The van der Waals surface area contributed by atoms with Crippen LogP contribution in [-0.2, 0) is 29.1 Å². The molecule has 8 nitrogen and oxygen atoms in total. The number of carbonyl (C=O) groups excluding carboxylic acids is 1. The smallest absolute Gasteiger partial charge is 0.303 e. The highest BCUT2D eigenvalue weighted by molar-refractivity contribution is 6.02. The average Bonchev–Trinajstić information content (AvgIpc) is 3.46. The second kappa shape index (κ2) is 10.6. The largest absolute Gasteiger partial charge is 0.493 e. The summed E-state index contributed by atoms with van der Waals surface area (Å²) in [6.07, 6.45) is 2.77. The Labute approximate surface area is 198 Å². The fraction of sp³-hybridized carbons (Fsp3) is 0.385. The van der Waals surface area contributed by atoms with Gasteiger partial charge in [-0.1, -0.05) is 0 Å². The summed E-state index contributed by atoms with van der Waals surface area (Å²) in [5, 5.41) is 12.1. The zero-order valence-corrected chi connectivity index (χ0v) is 19.4. The number of hydrogen-bond acceptors (Lipinski definition) is 7. The van der Waals surface area contributed by atoms with Gasteiger partial charge in [0.2, 0.25) is 0 Å². The Bertz CT molecular complexity index is 1120. The minimum absolute atomic E-state index is 0.00116. The topological polar surface area (TPSA) is 103 Å². The van der Waals surface area contributed by atoms with Crippen molar-refractivity contribution in [2.45, 2.75) is 38.8 Å². The monoisotopic (exact) mass is 467 g/mol. The van der Waals surface area contributed by atoms with Crippen LogP contribution in [0, 0.1) is 0 Å². The number of rotatable bonds is 12. The number of ketones is 1. The number of fused-ring (bicyclic) bond motifs is 2. The molecule has 2 aromatic carbocycles. The zero-order chi connectivity index (χ0) is 24.1. The summed E-state index contributed by atoms with van der Waals surface area (Å²) in [5.74, 6) is 1.53. The summed E-state index contributed by atoms with van der Waals surface area (Å²) in [5.41, 5.74) is 4.93. The lowest BCUT2D eigenvalue weighted by atomic mass is 10.0. The van der Waals surface area contributed by atoms with Crippen molar-refractivity contribution >= 4 is 17.8 Å². The molecule has 0 fully saturated rings. The number of aliphatic carboxylic acids is 1. The van der Waals surface area contributed by atoms with Gasteiger partial charge < -0.3 is 29.4 Å². The van der Waals surface area contributed by atoms with E-state index in [1.54, 1.807) is 14.2 Å². The van der Waals surface area contributed by atoms with Crippen LogP contribution >= 0.6 is 0 Å². The van der Waals surface area contributed by atoms with Crippen LogP contribution in [0.15, 0.2) is 29.8 Å². The highest BCUT2D eigenvalue weighted by Gasteiger charge is 2.22.